The van der Waals surface area contributed by atoms with Crippen molar-refractivity contribution in [2.24, 2.45) is 0 Å². The van der Waals surface area contributed by atoms with E-state index < -0.39 is 0 Å². The van der Waals surface area contributed by atoms with Gasteiger partial charge in [-0.25, -0.2) is 0 Å². The highest BCUT2D eigenvalue weighted by molar-refractivity contribution is 6.23. The Hall–Kier alpha value is -5.34. The molecule has 52 heavy (non-hydrogen) atoms. The molecule has 0 radical (unpaired) electrons. The molecular formula is C50H64N2. The van der Waals surface area contributed by atoms with Crippen molar-refractivity contribution < 1.29 is 0 Å². The van der Waals surface area contributed by atoms with Gasteiger partial charge in [0.25, 0.3) is 0 Å². The van der Waals surface area contributed by atoms with E-state index in [-0.39, 0.29) is 0 Å². The summed E-state index contributed by atoms with van der Waals surface area (Å²) in [6.07, 6.45) is 0. The second-order valence-electron chi connectivity index (χ2n) is 9.80. The second-order valence-corrected chi connectivity index (χ2v) is 9.80. The molecule has 7 aromatic rings. The van der Waals surface area contributed by atoms with Crippen LogP contribution in [0.4, 0.5) is 34.1 Å². The van der Waals surface area contributed by atoms with Gasteiger partial charge in [0.2, 0.25) is 0 Å². The van der Waals surface area contributed by atoms with Gasteiger partial charge >= 0.3 is 0 Å². The van der Waals surface area contributed by atoms with Crippen LogP contribution >= 0.6 is 0 Å². The Morgan fingerprint density at radius 2 is 0.365 bits per heavy atom. The van der Waals surface area contributed by atoms with Gasteiger partial charge in [-0.15, -0.1) is 0 Å². The molecule has 274 valence electrons. The second kappa shape index (κ2) is 26.5. The summed E-state index contributed by atoms with van der Waals surface area (Å²) in [6.45, 7) is 24.0. The van der Waals surface area contributed by atoms with Gasteiger partial charge in [0.1, 0.15) is 0 Å². The average Bonchev–Trinajstić information content (AvgIpc) is 3.27. The first-order valence-corrected chi connectivity index (χ1v) is 19.6. The first kappa shape index (κ1) is 44.7. The third-order valence-electron chi connectivity index (χ3n) is 7.38. The maximum Gasteiger partial charge on any atom is 0.0619 e. The minimum absolute atomic E-state index is 1.12. The van der Waals surface area contributed by atoms with E-state index in [1.165, 1.54) is 32.9 Å². The van der Waals surface area contributed by atoms with Crippen LogP contribution in [0.2, 0.25) is 0 Å². The maximum atomic E-state index is 2.39. The van der Waals surface area contributed by atoms with E-state index in [4.69, 9.17) is 0 Å². The van der Waals surface area contributed by atoms with Crippen LogP contribution in [0.15, 0.2) is 170 Å². The number of benzene rings is 7. The van der Waals surface area contributed by atoms with E-state index in [1.54, 1.807) is 0 Å². The maximum absolute atomic E-state index is 2.39. The van der Waals surface area contributed by atoms with Gasteiger partial charge < -0.3 is 9.80 Å². The fourth-order valence-corrected chi connectivity index (χ4v) is 5.69. The highest BCUT2D eigenvalue weighted by atomic mass is 15.2. The Labute approximate surface area is 317 Å². The molecule has 0 heterocycles. The summed E-state index contributed by atoms with van der Waals surface area (Å²) in [5.41, 5.74) is 6.85. The molecule has 7 aromatic carbocycles. The average molecular weight is 693 g/mol. The normalized spacial score (nSPS) is 9.15. The highest BCUT2D eigenvalue weighted by Gasteiger charge is 2.24. The minimum Gasteiger partial charge on any atom is -0.309 e. The number of nitrogens with zero attached hydrogens (tertiary/aromatic N) is 2. The molecule has 0 amide bonds. The number of rotatable bonds is 6. The van der Waals surface area contributed by atoms with Crippen molar-refractivity contribution in [1.82, 2.24) is 0 Å². The van der Waals surface area contributed by atoms with Gasteiger partial charge in [0.15, 0.2) is 0 Å². The zero-order valence-corrected chi connectivity index (χ0v) is 34.1. The van der Waals surface area contributed by atoms with Gasteiger partial charge in [0, 0.05) is 44.3 Å². The third kappa shape index (κ3) is 10.8. The topological polar surface area (TPSA) is 6.48 Å². The Kier molecular flexibility index (Phi) is 22.7. The van der Waals surface area contributed by atoms with Crippen molar-refractivity contribution >= 4 is 55.7 Å². The summed E-state index contributed by atoms with van der Waals surface area (Å²) in [6, 6.07) is 60.3. The van der Waals surface area contributed by atoms with E-state index in [2.05, 4.69) is 180 Å². The fourth-order valence-electron chi connectivity index (χ4n) is 5.69. The molecule has 2 heteroatoms. The van der Waals surface area contributed by atoms with Crippen molar-refractivity contribution in [1.29, 1.82) is 0 Å². The van der Waals surface area contributed by atoms with E-state index in [0.717, 1.165) is 22.7 Å². The molecule has 2 nitrogen and oxygen atoms in total. The van der Waals surface area contributed by atoms with Gasteiger partial charge in [-0.2, -0.15) is 0 Å². The van der Waals surface area contributed by atoms with Crippen molar-refractivity contribution in [2.75, 3.05) is 9.80 Å². The van der Waals surface area contributed by atoms with Crippen molar-refractivity contribution in [2.45, 2.75) is 83.1 Å². The Balaban J connectivity index is 0.00000103. The molecule has 0 atom stereocenters. The zero-order valence-electron chi connectivity index (χ0n) is 34.1. The summed E-state index contributed by atoms with van der Waals surface area (Å²) >= 11 is 0. The Bertz CT molecular complexity index is 1610. The summed E-state index contributed by atoms with van der Waals surface area (Å²) in [5.74, 6) is 0. The third-order valence-corrected chi connectivity index (χ3v) is 7.38. The fraction of sp³-hybridized carbons (Fsp3) is 0.240. The summed E-state index contributed by atoms with van der Waals surface area (Å²) in [7, 11) is 0. The van der Waals surface area contributed by atoms with Gasteiger partial charge in [-0.3, -0.25) is 0 Å². The number of hydrogen-bond acceptors (Lipinski definition) is 2. The molecule has 0 bridgehead atoms. The Morgan fingerprint density at radius 3 is 0.538 bits per heavy atom. The molecule has 0 aliphatic carbocycles. The number of anilines is 6. The minimum atomic E-state index is 1.12. The predicted molar refractivity (Wildman–Crippen MR) is 239 cm³/mol. The monoisotopic (exact) mass is 693 g/mol. The molecule has 0 aliphatic rings. The first-order chi connectivity index (χ1) is 25.9. The van der Waals surface area contributed by atoms with Crippen LogP contribution in [0.1, 0.15) is 83.1 Å². The molecule has 0 unspecified atom stereocenters. The number of hydrogen-bond donors (Lipinski definition) is 0. The van der Waals surface area contributed by atoms with Crippen LogP contribution < -0.4 is 9.80 Å². The molecule has 0 aromatic heterocycles. The molecule has 0 saturated carbocycles. The van der Waals surface area contributed by atoms with Crippen molar-refractivity contribution in [3.8, 4) is 0 Å². The van der Waals surface area contributed by atoms with Crippen LogP contribution in [0.25, 0.3) is 21.5 Å². The largest absolute Gasteiger partial charge is 0.309 e. The predicted octanol–water partition coefficient (Wildman–Crippen LogP) is 17.1. The lowest BCUT2D eigenvalue weighted by Crippen LogP contribution is -2.14. The molecular weight excluding hydrogens is 629 g/mol. The van der Waals surface area contributed by atoms with Crippen molar-refractivity contribution in [3.05, 3.63) is 170 Å². The highest BCUT2D eigenvalue weighted by Crippen LogP contribution is 2.50. The van der Waals surface area contributed by atoms with Crippen LogP contribution in [0.5, 0.6) is 0 Å². The van der Waals surface area contributed by atoms with Gasteiger partial charge in [0.05, 0.1) is 11.4 Å². The SMILES string of the molecule is CC.CC.CC.CC.CC.CC.c1ccc(N(c2ccccc2)c2c3ccccc3c(N(c3ccccc3)c3ccccc3)c3ccccc23)cc1. The van der Waals surface area contributed by atoms with E-state index >= 15 is 0 Å². The van der Waals surface area contributed by atoms with Crippen LogP contribution in [-0.4, -0.2) is 0 Å². The van der Waals surface area contributed by atoms with Crippen LogP contribution in [0.3, 0.4) is 0 Å². The first-order valence-electron chi connectivity index (χ1n) is 19.6. The van der Waals surface area contributed by atoms with Crippen LogP contribution in [0, 0.1) is 0 Å². The van der Waals surface area contributed by atoms with E-state index in [0.29, 0.717) is 0 Å². The van der Waals surface area contributed by atoms with E-state index in [1.807, 2.05) is 83.1 Å². The number of fused-ring (bicyclic) bond motifs is 2. The molecule has 0 N–H and O–H groups in total. The number of para-hydroxylation sites is 4. The summed E-state index contributed by atoms with van der Waals surface area (Å²) in [5, 5.41) is 4.78. The molecule has 0 saturated heterocycles. The Morgan fingerprint density at radius 1 is 0.212 bits per heavy atom. The lowest BCUT2D eigenvalue weighted by molar-refractivity contribution is 1.29. The molecule has 0 spiro atoms. The standard InChI is InChI=1S/C38H28N2.6C2H6/c1-5-17-29(18-6-1)39(30-19-7-2-8-20-30)37-33-25-13-15-27-35(33)38(36-28-16-14-26-34(36)37)40(31-21-9-3-10-22-31)32-23-11-4-12-24-32;6*1-2/h1-28H;6*1-2H3. The van der Waals surface area contributed by atoms with E-state index in [9.17, 15) is 0 Å². The molecule has 0 fully saturated rings. The molecule has 7 rings (SSSR count). The zero-order chi connectivity index (χ0) is 38.7. The molecule has 0 aliphatic heterocycles. The summed E-state index contributed by atoms with van der Waals surface area (Å²) in [4.78, 5) is 4.79. The lowest BCUT2D eigenvalue weighted by Gasteiger charge is -2.32. The quantitative estimate of drug-likeness (QED) is 0.126. The van der Waals surface area contributed by atoms with Gasteiger partial charge in [-0.05, 0) is 48.5 Å². The smallest absolute Gasteiger partial charge is 0.0619 e. The van der Waals surface area contributed by atoms with Crippen molar-refractivity contribution in [3.63, 3.8) is 0 Å². The van der Waals surface area contributed by atoms with Gasteiger partial charge in [-0.1, -0.05) is 204 Å². The lowest BCUT2D eigenvalue weighted by atomic mass is 9.95. The summed E-state index contributed by atoms with van der Waals surface area (Å²) < 4.78 is 0. The van der Waals surface area contributed by atoms with Crippen LogP contribution in [-0.2, 0) is 0 Å².